The number of phenolic OH excluding ortho intramolecular Hbond substituents is 1. The molecule has 2 nitrogen and oxygen atoms in total. The van der Waals surface area contributed by atoms with Gasteiger partial charge in [0.05, 0.1) is 6.61 Å². The fourth-order valence-electron chi connectivity index (χ4n) is 0.986. The smallest absolute Gasteiger partial charge is 0.119 e. The maximum absolute atomic E-state index is 9.33. The van der Waals surface area contributed by atoms with Crippen LogP contribution in [0, 0.1) is 0 Å². The van der Waals surface area contributed by atoms with E-state index in [1.54, 1.807) is 12.1 Å². The largest absolute Gasteiger partial charge is 0.508 e. The van der Waals surface area contributed by atoms with Crippen molar-refractivity contribution in [3.05, 3.63) is 42.0 Å². The molecule has 0 spiro atoms. The second kappa shape index (κ2) is 3.93. The molecule has 1 aromatic carbocycles. The van der Waals surface area contributed by atoms with Gasteiger partial charge in [-0.1, -0.05) is 24.8 Å². The van der Waals surface area contributed by atoms with Crippen molar-refractivity contribution in [2.45, 2.75) is 6.42 Å². The first-order chi connectivity index (χ1) is 5.74. The lowest BCUT2D eigenvalue weighted by atomic mass is 10.1. The molecule has 1 aromatic rings. The van der Waals surface area contributed by atoms with E-state index in [1.165, 1.54) is 0 Å². The minimum Gasteiger partial charge on any atom is -0.508 e. The average Bonchev–Trinajstić information content (AvgIpc) is 2.09. The molecule has 0 aliphatic rings. The molecule has 0 atom stereocenters. The number of benzene rings is 1. The Hall–Kier alpha value is -1.28. The van der Waals surface area contributed by atoms with Gasteiger partial charge in [-0.2, -0.15) is 0 Å². The Morgan fingerprint density at radius 1 is 1.33 bits per heavy atom. The molecular weight excluding hydrogens is 152 g/mol. The first-order valence-electron chi connectivity index (χ1n) is 3.78. The maximum atomic E-state index is 9.33. The number of hydrogen-bond acceptors (Lipinski definition) is 2. The van der Waals surface area contributed by atoms with Gasteiger partial charge >= 0.3 is 0 Å². The van der Waals surface area contributed by atoms with E-state index in [9.17, 15) is 5.11 Å². The molecule has 0 heterocycles. The van der Waals surface area contributed by atoms with Crippen molar-refractivity contribution in [3.8, 4) is 5.75 Å². The maximum Gasteiger partial charge on any atom is 0.119 e. The molecule has 0 aromatic heterocycles. The van der Waals surface area contributed by atoms with Crippen LogP contribution in [-0.2, 0) is 6.42 Å². The summed E-state index contributed by atoms with van der Waals surface area (Å²) in [5.41, 5.74) is 1.51. The first kappa shape index (κ1) is 8.81. The standard InChI is InChI=1S/C10H12O2/c1-8(7-11)6-9-4-2-3-5-10(9)12/h2-5,11-12H,1,6-7H2. The monoisotopic (exact) mass is 164 g/mol. The number of aliphatic hydroxyl groups excluding tert-OH is 1. The fraction of sp³-hybridized carbons (Fsp3) is 0.200. The van der Waals surface area contributed by atoms with Crippen molar-refractivity contribution in [1.82, 2.24) is 0 Å². The molecule has 2 N–H and O–H groups in total. The van der Waals surface area contributed by atoms with Gasteiger partial charge < -0.3 is 10.2 Å². The summed E-state index contributed by atoms with van der Waals surface area (Å²) in [5.74, 6) is 0.257. The molecule has 0 radical (unpaired) electrons. The van der Waals surface area contributed by atoms with Crippen molar-refractivity contribution in [3.63, 3.8) is 0 Å². The Kier molecular flexibility index (Phi) is 2.88. The highest BCUT2D eigenvalue weighted by atomic mass is 16.3. The van der Waals surface area contributed by atoms with E-state index < -0.39 is 0 Å². The topological polar surface area (TPSA) is 40.5 Å². The summed E-state index contributed by atoms with van der Waals surface area (Å²) < 4.78 is 0. The third-order valence-electron chi connectivity index (χ3n) is 1.66. The minimum absolute atomic E-state index is 0.0334. The van der Waals surface area contributed by atoms with Gasteiger partial charge in [-0.25, -0.2) is 0 Å². The van der Waals surface area contributed by atoms with Gasteiger partial charge in [-0.15, -0.1) is 0 Å². The lowest BCUT2D eigenvalue weighted by Gasteiger charge is -2.03. The first-order valence-corrected chi connectivity index (χ1v) is 3.78. The molecule has 12 heavy (non-hydrogen) atoms. The third kappa shape index (κ3) is 2.10. The lowest BCUT2D eigenvalue weighted by Crippen LogP contribution is -1.93. The van der Waals surface area contributed by atoms with Gasteiger partial charge in [0, 0.05) is 0 Å². The quantitative estimate of drug-likeness (QED) is 0.664. The summed E-state index contributed by atoms with van der Waals surface area (Å²) in [4.78, 5) is 0. The summed E-state index contributed by atoms with van der Waals surface area (Å²) in [6.45, 7) is 3.62. The molecule has 0 bridgehead atoms. The lowest BCUT2D eigenvalue weighted by molar-refractivity contribution is 0.328. The molecule has 0 amide bonds. The SMILES string of the molecule is C=C(CO)Cc1ccccc1O. The van der Waals surface area contributed by atoms with Gasteiger partial charge in [0.2, 0.25) is 0 Å². The van der Waals surface area contributed by atoms with Crippen LogP contribution < -0.4 is 0 Å². The summed E-state index contributed by atoms with van der Waals surface area (Å²) >= 11 is 0. The van der Waals surface area contributed by atoms with Gasteiger partial charge in [-0.3, -0.25) is 0 Å². The van der Waals surface area contributed by atoms with Crippen LogP contribution in [0.15, 0.2) is 36.4 Å². The highest BCUT2D eigenvalue weighted by molar-refractivity contribution is 5.34. The van der Waals surface area contributed by atoms with E-state index in [1.807, 2.05) is 12.1 Å². The highest BCUT2D eigenvalue weighted by Crippen LogP contribution is 2.18. The van der Waals surface area contributed by atoms with Crippen molar-refractivity contribution < 1.29 is 10.2 Å². The van der Waals surface area contributed by atoms with Gasteiger partial charge in [0.15, 0.2) is 0 Å². The molecule has 64 valence electrons. The van der Waals surface area contributed by atoms with Gasteiger partial charge in [-0.05, 0) is 23.6 Å². The van der Waals surface area contributed by atoms with Crippen LogP contribution in [0.25, 0.3) is 0 Å². The third-order valence-corrected chi connectivity index (χ3v) is 1.66. The Labute approximate surface area is 71.8 Å². The fourth-order valence-corrected chi connectivity index (χ4v) is 0.986. The second-order valence-corrected chi connectivity index (χ2v) is 2.71. The number of aromatic hydroxyl groups is 1. The van der Waals surface area contributed by atoms with Crippen LogP contribution >= 0.6 is 0 Å². The normalized spacial score (nSPS) is 9.75. The van der Waals surface area contributed by atoms with Crippen LogP contribution in [-0.4, -0.2) is 16.8 Å². The van der Waals surface area contributed by atoms with Crippen molar-refractivity contribution in [2.24, 2.45) is 0 Å². The Balaban J connectivity index is 2.75. The summed E-state index contributed by atoms with van der Waals surface area (Å²) in [5, 5.41) is 18.0. The minimum atomic E-state index is -0.0334. The van der Waals surface area contributed by atoms with E-state index >= 15 is 0 Å². The molecule has 0 unspecified atom stereocenters. The van der Waals surface area contributed by atoms with E-state index in [-0.39, 0.29) is 12.4 Å². The molecule has 0 aliphatic heterocycles. The Morgan fingerprint density at radius 3 is 2.58 bits per heavy atom. The van der Waals surface area contributed by atoms with Crippen LogP contribution in [0.2, 0.25) is 0 Å². The van der Waals surface area contributed by atoms with Crippen LogP contribution in [0.5, 0.6) is 5.75 Å². The van der Waals surface area contributed by atoms with Crippen LogP contribution in [0.3, 0.4) is 0 Å². The molecule has 0 saturated heterocycles. The van der Waals surface area contributed by atoms with E-state index in [0.29, 0.717) is 12.0 Å². The molecule has 1 rings (SSSR count). The highest BCUT2D eigenvalue weighted by Gasteiger charge is 2.00. The number of rotatable bonds is 3. The average molecular weight is 164 g/mol. The zero-order valence-corrected chi connectivity index (χ0v) is 6.83. The summed E-state index contributed by atoms with van der Waals surface area (Å²) in [6.07, 6.45) is 0.531. The Morgan fingerprint density at radius 2 is 2.00 bits per heavy atom. The van der Waals surface area contributed by atoms with Crippen LogP contribution in [0.4, 0.5) is 0 Å². The predicted molar refractivity (Wildman–Crippen MR) is 48.0 cm³/mol. The van der Waals surface area contributed by atoms with Crippen molar-refractivity contribution in [1.29, 1.82) is 0 Å². The number of para-hydroxylation sites is 1. The molecular formula is C10H12O2. The van der Waals surface area contributed by atoms with Crippen molar-refractivity contribution >= 4 is 0 Å². The van der Waals surface area contributed by atoms with Crippen LogP contribution in [0.1, 0.15) is 5.56 Å². The van der Waals surface area contributed by atoms with Gasteiger partial charge in [0.25, 0.3) is 0 Å². The van der Waals surface area contributed by atoms with E-state index in [4.69, 9.17) is 5.11 Å². The number of aliphatic hydroxyl groups is 1. The van der Waals surface area contributed by atoms with Gasteiger partial charge in [0.1, 0.15) is 5.75 Å². The Bertz CT molecular complexity index is 279. The zero-order chi connectivity index (χ0) is 8.97. The van der Waals surface area contributed by atoms with E-state index in [0.717, 1.165) is 5.56 Å². The zero-order valence-electron chi connectivity index (χ0n) is 6.83. The number of hydrogen-bond donors (Lipinski definition) is 2. The van der Waals surface area contributed by atoms with Crippen molar-refractivity contribution in [2.75, 3.05) is 6.61 Å². The molecule has 2 heteroatoms. The predicted octanol–water partition coefficient (Wildman–Crippen LogP) is 1.48. The molecule has 0 fully saturated rings. The second-order valence-electron chi connectivity index (χ2n) is 2.71. The molecule has 0 saturated carbocycles. The molecule has 0 aliphatic carbocycles. The number of phenols is 1. The summed E-state index contributed by atoms with van der Waals surface area (Å²) in [7, 11) is 0. The summed E-state index contributed by atoms with van der Waals surface area (Å²) in [6, 6.07) is 7.05. The van der Waals surface area contributed by atoms with E-state index in [2.05, 4.69) is 6.58 Å².